The first kappa shape index (κ1) is 15.2. The molecule has 0 saturated carbocycles. The first-order chi connectivity index (χ1) is 10.5. The van der Waals surface area contributed by atoms with Gasteiger partial charge in [-0.05, 0) is 40.5 Å². The summed E-state index contributed by atoms with van der Waals surface area (Å²) in [6.45, 7) is 2.03. The number of para-hydroxylation sites is 1. The Morgan fingerprint density at radius 2 is 1.95 bits per heavy atom. The van der Waals surface area contributed by atoms with E-state index in [2.05, 4.69) is 20.9 Å². The van der Waals surface area contributed by atoms with Gasteiger partial charge in [-0.2, -0.15) is 4.99 Å². The number of carbonyl (C=O) groups excluding carboxylic acids is 1. The summed E-state index contributed by atoms with van der Waals surface area (Å²) in [6.07, 6.45) is 0.329. The van der Waals surface area contributed by atoms with E-state index in [0.717, 1.165) is 25.1 Å². The molecule has 112 valence electrons. The summed E-state index contributed by atoms with van der Waals surface area (Å²) in [6, 6.07) is 14.0. The minimum absolute atomic E-state index is 0.123. The molecule has 1 heterocycles. The van der Waals surface area contributed by atoms with Gasteiger partial charge in [0.25, 0.3) is 5.91 Å². The van der Waals surface area contributed by atoms with E-state index in [1.807, 2.05) is 61.0 Å². The van der Waals surface area contributed by atoms with Crippen LogP contribution in [0.2, 0.25) is 0 Å². The summed E-state index contributed by atoms with van der Waals surface area (Å²) in [4.78, 5) is 17.2. The van der Waals surface area contributed by atoms with Gasteiger partial charge in [-0.1, -0.05) is 47.2 Å². The van der Waals surface area contributed by atoms with Crippen molar-refractivity contribution in [1.82, 2.24) is 4.57 Å². The number of hydrogen-bond acceptors (Lipinski definition) is 2. The standard InChI is InChI=1S/C17H15BrN2OS/c1-11-6-8-12(9-7-11)10-15(21)19-17-20(2)16-13(18)4-3-5-14(16)22-17/h3-9H,10H2,1-2H3. The lowest BCUT2D eigenvalue weighted by Crippen LogP contribution is -2.14. The van der Waals surface area contributed by atoms with Crippen LogP contribution < -0.4 is 4.80 Å². The Morgan fingerprint density at radius 3 is 2.64 bits per heavy atom. The first-order valence-electron chi connectivity index (χ1n) is 6.92. The number of hydrogen-bond donors (Lipinski definition) is 0. The molecule has 0 N–H and O–H groups in total. The van der Waals surface area contributed by atoms with E-state index in [9.17, 15) is 4.79 Å². The Kier molecular flexibility index (Phi) is 4.27. The van der Waals surface area contributed by atoms with Gasteiger partial charge in [0.2, 0.25) is 0 Å². The van der Waals surface area contributed by atoms with Crippen molar-refractivity contribution in [3.63, 3.8) is 0 Å². The van der Waals surface area contributed by atoms with Crippen molar-refractivity contribution in [1.29, 1.82) is 0 Å². The second-order valence-electron chi connectivity index (χ2n) is 5.20. The summed E-state index contributed by atoms with van der Waals surface area (Å²) in [5, 5.41) is 0. The number of thiazole rings is 1. The molecule has 2 aromatic carbocycles. The molecule has 22 heavy (non-hydrogen) atoms. The first-order valence-corrected chi connectivity index (χ1v) is 8.52. The summed E-state index contributed by atoms with van der Waals surface area (Å²) in [7, 11) is 1.93. The van der Waals surface area contributed by atoms with Crippen molar-refractivity contribution in [2.24, 2.45) is 12.0 Å². The molecule has 0 unspecified atom stereocenters. The highest BCUT2D eigenvalue weighted by molar-refractivity contribution is 9.10. The van der Waals surface area contributed by atoms with Crippen molar-refractivity contribution in [2.45, 2.75) is 13.3 Å². The molecule has 0 radical (unpaired) electrons. The van der Waals surface area contributed by atoms with E-state index >= 15 is 0 Å². The number of fused-ring (bicyclic) bond motifs is 1. The molecule has 1 amide bonds. The number of aromatic nitrogens is 1. The van der Waals surface area contributed by atoms with Crippen LogP contribution in [0.15, 0.2) is 51.9 Å². The molecule has 5 heteroatoms. The number of carbonyl (C=O) groups is 1. The zero-order chi connectivity index (χ0) is 15.7. The highest BCUT2D eigenvalue weighted by Crippen LogP contribution is 2.24. The van der Waals surface area contributed by atoms with E-state index in [1.165, 1.54) is 16.9 Å². The third-order valence-electron chi connectivity index (χ3n) is 3.47. The number of halogens is 1. The molecule has 3 rings (SSSR count). The van der Waals surface area contributed by atoms with E-state index in [1.54, 1.807) is 0 Å². The SMILES string of the molecule is Cc1ccc(CC(=O)N=c2sc3cccc(Br)c3n2C)cc1. The van der Waals surface area contributed by atoms with Crippen LogP contribution in [0.4, 0.5) is 0 Å². The van der Waals surface area contributed by atoms with Crippen LogP contribution in [0.3, 0.4) is 0 Å². The van der Waals surface area contributed by atoms with Gasteiger partial charge in [-0.3, -0.25) is 4.79 Å². The second kappa shape index (κ2) is 6.18. The number of benzene rings is 2. The summed E-state index contributed by atoms with van der Waals surface area (Å²) < 4.78 is 4.08. The topological polar surface area (TPSA) is 34.4 Å². The Labute approximate surface area is 141 Å². The normalized spacial score (nSPS) is 12.0. The highest BCUT2D eigenvalue weighted by atomic mass is 79.9. The van der Waals surface area contributed by atoms with Crippen LogP contribution >= 0.6 is 27.3 Å². The molecule has 3 aromatic rings. The Morgan fingerprint density at radius 1 is 1.23 bits per heavy atom. The van der Waals surface area contributed by atoms with Crippen LogP contribution in [0.1, 0.15) is 11.1 Å². The summed E-state index contributed by atoms with van der Waals surface area (Å²) >= 11 is 5.07. The lowest BCUT2D eigenvalue weighted by atomic mass is 10.1. The predicted molar refractivity (Wildman–Crippen MR) is 93.9 cm³/mol. The van der Waals surface area contributed by atoms with Crippen molar-refractivity contribution < 1.29 is 4.79 Å². The Hall–Kier alpha value is -1.72. The van der Waals surface area contributed by atoms with Crippen LogP contribution in [0.25, 0.3) is 10.2 Å². The zero-order valence-corrected chi connectivity index (χ0v) is 14.7. The van der Waals surface area contributed by atoms with Gasteiger partial charge in [0.15, 0.2) is 4.80 Å². The van der Waals surface area contributed by atoms with Crippen LogP contribution in [-0.4, -0.2) is 10.5 Å². The molecule has 0 aliphatic rings. The van der Waals surface area contributed by atoms with Gasteiger partial charge in [-0.25, -0.2) is 0 Å². The monoisotopic (exact) mass is 374 g/mol. The number of rotatable bonds is 2. The van der Waals surface area contributed by atoms with Gasteiger partial charge >= 0.3 is 0 Å². The smallest absolute Gasteiger partial charge is 0.252 e. The fraction of sp³-hybridized carbons (Fsp3) is 0.176. The minimum Gasteiger partial charge on any atom is -0.318 e. The Bertz CT molecular complexity index is 907. The van der Waals surface area contributed by atoms with Crippen LogP contribution in [0, 0.1) is 6.92 Å². The minimum atomic E-state index is -0.123. The van der Waals surface area contributed by atoms with E-state index in [-0.39, 0.29) is 5.91 Å². The predicted octanol–water partition coefficient (Wildman–Crippen LogP) is 3.98. The van der Waals surface area contributed by atoms with Gasteiger partial charge in [0.05, 0.1) is 16.6 Å². The molecule has 0 atom stereocenters. The third kappa shape index (κ3) is 3.05. The molecular formula is C17H15BrN2OS. The molecule has 0 aliphatic heterocycles. The molecule has 0 fully saturated rings. The maximum atomic E-state index is 12.2. The van der Waals surface area contributed by atoms with Crippen molar-refractivity contribution in [3.8, 4) is 0 Å². The highest BCUT2D eigenvalue weighted by Gasteiger charge is 2.08. The molecule has 0 bridgehead atoms. The van der Waals surface area contributed by atoms with Crippen molar-refractivity contribution >= 4 is 43.4 Å². The van der Waals surface area contributed by atoms with E-state index in [4.69, 9.17) is 0 Å². The van der Waals surface area contributed by atoms with E-state index < -0.39 is 0 Å². The molecular weight excluding hydrogens is 360 g/mol. The lowest BCUT2D eigenvalue weighted by Gasteiger charge is -1.99. The quantitative estimate of drug-likeness (QED) is 0.667. The largest absolute Gasteiger partial charge is 0.318 e. The fourth-order valence-electron chi connectivity index (χ4n) is 2.29. The molecule has 1 aromatic heterocycles. The van der Waals surface area contributed by atoms with Gasteiger partial charge in [0.1, 0.15) is 0 Å². The van der Waals surface area contributed by atoms with Crippen LogP contribution in [-0.2, 0) is 18.3 Å². The summed E-state index contributed by atoms with van der Waals surface area (Å²) in [5.74, 6) is -0.123. The average molecular weight is 375 g/mol. The second-order valence-corrected chi connectivity index (χ2v) is 7.06. The number of amides is 1. The molecule has 3 nitrogen and oxygen atoms in total. The molecule has 0 saturated heterocycles. The van der Waals surface area contributed by atoms with Crippen LogP contribution in [0.5, 0.6) is 0 Å². The molecule has 0 spiro atoms. The lowest BCUT2D eigenvalue weighted by molar-refractivity contribution is -0.117. The van der Waals surface area contributed by atoms with Gasteiger partial charge in [-0.15, -0.1) is 0 Å². The molecule has 0 aliphatic carbocycles. The Balaban J connectivity index is 1.94. The summed E-state index contributed by atoms with van der Waals surface area (Å²) in [5.41, 5.74) is 3.24. The maximum Gasteiger partial charge on any atom is 0.252 e. The number of nitrogens with zero attached hydrogens (tertiary/aromatic N) is 2. The number of aryl methyl sites for hydroxylation is 2. The van der Waals surface area contributed by atoms with E-state index in [0.29, 0.717) is 6.42 Å². The average Bonchev–Trinajstić information content (AvgIpc) is 2.79. The maximum absolute atomic E-state index is 12.2. The van der Waals surface area contributed by atoms with Gasteiger partial charge < -0.3 is 4.57 Å². The van der Waals surface area contributed by atoms with Gasteiger partial charge in [0, 0.05) is 11.5 Å². The van der Waals surface area contributed by atoms with Crippen molar-refractivity contribution in [2.75, 3.05) is 0 Å². The zero-order valence-electron chi connectivity index (χ0n) is 12.3. The fourth-order valence-corrected chi connectivity index (χ4v) is 4.12. The van der Waals surface area contributed by atoms with Crippen molar-refractivity contribution in [3.05, 3.63) is 62.9 Å². The third-order valence-corrected chi connectivity index (χ3v) is 5.21.